The Kier molecular flexibility index (Phi) is 7.99. The molecule has 11 N–H and O–H groups in total. The molecule has 0 spiro atoms. The summed E-state index contributed by atoms with van der Waals surface area (Å²) in [6, 6.07) is 2.60. The molecule has 0 aliphatic heterocycles. The lowest BCUT2D eigenvalue weighted by molar-refractivity contribution is -0.139. The molecule has 0 amide bonds. The van der Waals surface area contributed by atoms with Gasteiger partial charge >= 0.3 is 6.18 Å². The standard InChI is InChI=1S/C17H27F3N8S/c18-17(19,20)12-8-5-10(13(14(12)29-25)15(21)27-28-24)4-1-9-2-6-11(7-3-9)26-16(22)23/h5,8-9,11,28H,1-4,6-7,24-25H2,(H2,21,27)(H4,22,23,26). The SMILES string of the molecule is NN/N=C(\N)c1c(CCC2CCC(N=C(N)N)CC2)ccc(C(F)(F)F)c1SN. The predicted molar refractivity (Wildman–Crippen MR) is 109 cm³/mol. The van der Waals surface area contributed by atoms with Gasteiger partial charge in [-0.2, -0.15) is 13.2 Å². The fourth-order valence-corrected chi connectivity index (χ4v) is 4.38. The number of benzene rings is 1. The van der Waals surface area contributed by atoms with Gasteiger partial charge in [0, 0.05) is 10.5 Å². The molecule has 1 aliphatic rings. The molecule has 0 unspecified atom stereocenters. The van der Waals surface area contributed by atoms with E-state index in [-0.39, 0.29) is 28.3 Å². The van der Waals surface area contributed by atoms with Crippen molar-refractivity contribution in [1.29, 1.82) is 0 Å². The fourth-order valence-electron chi connectivity index (χ4n) is 3.72. The summed E-state index contributed by atoms with van der Waals surface area (Å²) in [5.41, 5.74) is 18.8. The predicted octanol–water partition coefficient (Wildman–Crippen LogP) is 1.52. The second kappa shape index (κ2) is 10.0. The molecule has 0 saturated heterocycles. The number of amidine groups is 1. The van der Waals surface area contributed by atoms with Crippen molar-refractivity contribution in [3.63, 3.8) is 0 Å². The first-order valence-electron chi connectivity index (χ1n) is 9.15. The number of hydrogen-bond donors (Lipinski definition) is 6. The molecular formula is C17H27F3N8S. The first kappa shape index (κ1) is 23.1. The van der Waals surface area contributed by atoms with E-state index < -0.39 is 11.7 Å². The van der Waals surface area contributed by atoms with E-state index >= 15 is 0 Å². The highest BCUT2D eigenvalue weighted by Crippen LogP contribution is 2.39. The zero-order chi connectivity index (χ0) is 21.6. The molecule has 0 heterocycles. The van der Waals surface area contributed by atoms with Gasteiger partial charge in [-0.3, -0.25) is 10.1 Å². The van der Waals surface area contributed by atoms with E-state index in [1.54, 1.807) is 0 Å². The summed E-state index contributed by atoms with van der Waals surface area (Å²) in [4.78, 5) is 4.04. The maximum Gasteiger partial charge on any atom is 0.417 e. The van der Waals surface area contributed by atoms with Crippen LogP contribution in [0, 0.1) is 5.92 Å². The summed E-state index contributed by atoms with van der Waals surface area (Å²) in [6.07, 6.45) is 0.438. The van der Waals surface area contributed by atoms with E-state index in [0.29, 0.717) is 29.9 Å². The van der Waals surface area contributed by atoms with Crippen molar-refractivity contribution in [3.05, 3.63) is 28.8 Å². The van der Waals surface area contributed by atoms with Gasteiger partial charge in [0.1, 0.15) is 0 Å². The number of aliphatic imine (C=N–C) groups is 1. The van der Waals surface area contributed by atoms with Gasteiger partial charge in [-0.25, -0.2) is 11.4 Å². The molecule has 0 atom stereocenters. The molecule has 0 radical (unpaired) electrons. The molecule has 1 saturated carbocycles. The number of aryl methyl sites for hydroxylation is 1. The van der Waals surface area contributed by atoms with Gasteiger partial charge in [0.05, 0.1) is 11.6 Å². The van der Waals surface area contributed by atoms with E-state index in [2.05, 4.69) is 10.1 Å². The molecule has 1 aliphatic carbocycles. The first-order valence-corrected chi connectivity index (χ1v) is 10.0. The summed E-state index contributed by atoms with van der Waals surface area (Å²) >= 11 is 0.497. The van der Waals surface area contributed by atoms with Crippen LogP contribution in [0.15, 0.2) is 27.1 Å². The normalized spacial score (nSPS) is 20.4. The zero-order valence-corrected chi connectivity index (χ0v) is 16.7. The molecule has 2 rings (SSSR count). The quantitative estimate of drug-likeness (QED) is 0.125. The van der Waals surface area contributed by atoms with Crippen LogP contribution in [-0.4, -0.2) is 17.8 Å². The summed E-state index contributed by atoms with van der Waals surface area (Å²) in [5.74, 6) is 5.55. The Balaban J connectivity index is 2.22. The van der Waals surface area contributed by atoms with E-state index in [1.165, 1.54) is 6.07 Å². The number of hydrazone groups is 1. The van der Waals surface area contributed by atoms with E-state index in [4.69, 9.17) is 28.2 Å². The molecule has 1 aromatic carbocycles. The molecule has 12 heteroatoms. The van der Waals surface area contributed by atoms with Crippen LogP contribution in [0.25, 0.3) is 0 Å². The lowest BCUT2D eigenvalue weighted by Crippen LogP contribution is -2.27. The molecule has 1 fully saturated rings. The summed E-state index contributed by atoms with van der Waals surface area (Å²) < 4.78 is 40.1. The summed E-state index contributed by atoms with van der Waals surface area (Å²) in [7, 11) is 0. The first-order chi connectivity index (χ1) is 13.7. The Morgan fingerprint density at radius 1 is 1.14 bits per heavy atom. The maximum atomic E-state index is 13.4. The van der Waals surface area contributed by atoms with Gasteiger partial charge in [0.15, 0.2) is 11.8 Å². The third-order valence-corrected chi connectivity index (χ3v) is 5.74. The monoisotopic (exact) mass is 432 g/mol. The van der Waals surface area contributed by atoms with Gasteiger partial charge in [-0.1, -0.05) is 6.07 Å². The number of nitrogens with two attached hydrogens (primary N) is 5. The highest BCUT2D eigenvalue weighted by atomic mass is 32.2. The van der Waals surface area contributed by atoms with Crippen molar-refractivity contribution in [2.45, 2.75) is 55.6 Å². The Morgan fingerprint density at radius 2 is 1.79 bits per heavy atom. The van der Waals surface area contributed by atoms with Crippen LogP contribution in [0.1, 0.15) is 48.8 Å². The minimum absolute atomic E-state index is 0.0953. The van der Waals surface area contributed by atoms with Crippen molar-refractivity contribution in [1.82, 2.24) is 5.53 Å². The van der Waals surface area contributed by atoms with Crippen LogP contribution >= 0.6 is 11.9 Å². The van der Waals surface area contributed by atoms with Crippen molar-refractivity contribution in [2.75, 3.05) is 0 Å². The Bertz CT molecular complexity index is 754. The van der Waals surface area contributed by atoms with Gasteiger partial charge < -0.3 is 17.2 Å². The Morgan fingerprint density at radius 3 is 2.31 bits per heavy atom. The second-order valence-corrected chi connectivity index (χ2v) is 7.63. The molecule has 1 aromatic rings. The smallest absolute Gasteiger partial charge is 0.382 e. The zero-order valence-electron chi connectivity index (χ0n) is 15.9. The van der Waals surface area contributed by atoms with E-state index in [1.807, 2.05) is 5.53 Å². The fraction of sp³-hybridized carbons (Fsp3) is 0.529. The second-order valence-electron chi connectivity index (χ2n) is 6.99. The third-order valence-electron chi connectivity index (χ3n) is 5.08. The highest BCUT2D eigenvalue weighted by molar-refractivity contribution is 7.97. The summed E-state index contributed by atoms with van der Waals surface area (Å²) in [6.45, 7) is 0. The molecule has 29 heavy (non-hydrogen) atoms. The van der Waals surface area contributed by atoms with Crippen LogP contribution in [0.3, 0.4) is 0 Å². The van der Waals surface area contributed by atoms with Crippen molar-refractivity contribution < 1.29 is 13.2 Å². The maximum absolute atomic E-state index is 13.4. The number of hydrazine groups is 1. The lowest BCUT2D eigenvalue weighted by atomic mass is 9.82. The number of guanidine groups is 1. The average Bonchev–Trinajstić information content (AvgIpc) is 2.65. The minimum Gasteiger partial charge on any atom is -0.382 e. The van der Waals surface area contributed by atoms with E-state index in [0.717, 1.165) is 38.2 Å². The number of nitrogens with one attached hydrogen (secondary N) is 1. The average molecular weight is 433 g/mol. The van der Waals surface area contributed by atoms with Gasteiger partial charge in [-0.05, 0) is 68.0 Å². The number of rotatable bonds is 7. The number of nitrogens with zero attached hydrogens (tertiary/aromatic N) is 2. The number of hydrogen-bond acceptors (Lipinski definition) is 6. The molecule has 0 aromatic heterocycles. The van der Waals surface area contributed by atoms with E-state index in [9.17, 15) is 13.2 Å². The Labute approximate surface area is 171 Å². The summed E-state index contributed by atoms with van der Waals surface area (Å²) in [5, 5.41) is 9.23. The van der Waals surface area contributed by atoms with Gasteiger partial charge in [0.25, 0.3) is 0 Å². The molecule has 0 bridgehead atoms. The third kappa shape index (κ3) is 6.15. The largest absolute Gasteiger partial charge is 0.417 e. The van der Waals surface area contributed by atoms with Crippen molar-refractivity contribution in [3.8, 4) is 0 Å². The van der Waals surface area contributed by atoms with Gasteiger partial charge in [-0.15, -0.1) is 5.10 Å². The topological polar surface area (TPSA) is 167 Å². The van der Waals surface area contributed by atoms with Gasteiger partial charge in [0.2, 0.25) is 0 Å². The molecule has 162 valence electrons. The van der Waals surface area contributed by atoms with Crippen LogP contribution in [0.2, 0.25) is 0 Å². The Hall–Kier alpha value is -2.18. The lowest BCUT2D eigenvalue weighted by Gasteiger charge is -2.27. The highest BCUT2D eigenvalue weighted by Gasteiger charge is 2.35. The minimum atomic E-state index is -4.56. The molecular weight excluding hydrogens is 405 g/mol. The van der Waals surface area contributed by atoms with Crippen LogP contribution in [0.5, 0.6) is 0 Å². The van der Waals surface area contributed by atoms with Crippen LogP contribution in [-0.2, 0) is 12.6 Å². The van der Waals surface area contributed by atoms with Crippen molar-refractivity contribution in [2.24, 2.45) is 44.2 Å². The van der Waals surface area contributed by atoms with Crippen LogP contribution < -0.4 is 33.7 Å². The number of halogens is 3. The van der Waals surface area contributed by atoms with Crippen molar-refractivity contribution >= 4 is 23.7 Å². The van der Waals surface area contributed by atoms with Crippen LogP contribution in [0.4, 0.5) is 13.2 Å². The molecule has 8 nitrogen and oxygen atoms in total. The number of alkyl halides is 3.